The molecule has 0 aliphatic carbocycles. The Morgan fingerprint density at radius 3 is 0.859 bits per heavy atom. The molecule has 0 radical (unpaired) electrons. The first-order valence-corrected chi connectivity index (χ1v) is 30.9. The van der Waals surface area contributed by atoms with Crippen molar-refractivity contribution in [3.63, 3.8) is 0 Å². The third-order valence-corrected chi connectivity index (χ3v) is 18.9. The van der Waals surface area contributed by atoms with Gasteiger partial charge in [-0.05, 0) is 165 Å². The first-order chi connectivity index (χ1) is 38.3. The van der Waals surface area contributed by atoms with Crippen molar-refractivity contribution in [2.45, 2.75) is 19.6 Å². The van der Waals surface area contributed by atoms with Crippen LogP contribution in [0.4, 0.5) is 0 Å². The SMILES string of the molecule is C[Si](C)(C)c1ccc(-c2cc(-c3ccc(-c4cccc5ccccc45)cc3)c3ccc4c(-c5ccc(-c6cccc7ccccc67)cc5)cc(-c5ccc(-c6cccc7ccccc67)cc5)c5ccc2c3c45)c2ccccc12. The minimum atomic E-state index is -1.69. The van der Waals surface area contributed by atoms with Gasteiger partial charge in [0.2, 0.25) is 0 Å². The predicted octanol–water partition coefficient (Wildman–Crippen LogP) is 21.4. The van der Waals surface area contributed by atoms with Gasteiger partial charge in [-0.1, -0.05) is 286 Å². The maximum absolute atomic E-state index is 2.50. The quantitative estimate of drug-likeness (QED) is 0.105. The van der Waals surface area contributed by atoms with E-state index in [1.165, 1.54) is 158 Å². The summed E-state index contributed by atoms with van der Waals surface area (Å²) in [6, 6.07) is 103. The molecule has 15 aromatic rings. The molecule has 15 rings (SSSR count). The van der Waals surface area contributed by atoms with Gasteiger partial charge in [0.25, 0.3) is 0 Å². The zero-order chi connectivity index (χ0) is 52.1. The third-order valence-electron chi connectivity index (χ3n) is 16.8. The molecule has 0 aliphatic rings. The van der Waals surface area contributed by atoms with Crippen LogP contribution in [-0.2, 0) is 0 Å². The Morgan fingerprint density at radius 2 is 0.487 bits per heavy atom. The zero-order valence-corrected chi connectivity index (χ0v) is 45.0. The second-order valence-electron chi connectivity index (χ2n) is 22.3. The second kappa shape index (κ2) is 18.1. The molecular weight excluding hydrogens is 953 g/mol. The maximum Gasteiger partial charge on any atom is 0.0784 e. The standard InChI is InChI=1S/C77H54Si/c1-78(2,3)75-46-45-65(64-24-10-11-25-66(64)75)74-48-73(57-39-33-54(34-40-57)63-28-14-20-51-17-6-9-23-60(51)63)69-42-41-67-71(55-35-29-52(30-36-55)61-26-12-18-49-15-4-7-21-58(49)61)47-72(68-43-44-70(74)77(69)76(67)68)56-37-31-53(32-38-56)62-27-13-19-50-16-5-8-22-59(50)62/h4-48H,1-3H3. The van der Waals surface area contributed by atoms with Crippen molar-refractivity contribution in [2.75, 3.05) is 0 Å². The van der Waals surface area contributed by atoms with Gasteiger partial charge in [0.05, 0.1) is 8.07 Å². The van der Waals surface area contributed by atoms with E-state index in [0.29, 0.717) is 0 Å². The van der Waals surface area contributed by atoms with Crippen LogP contribution in [0.25, 0.3) is 153 Å². The molecule has 78 heavy (non-hydrogen) atoms. The van der Waals surface area contributed by atoms with Crippen molar-refractivity contribution < 1.29 is 0 Å². The Kier molecular flexibility index (Phi) is 10.7. The topological polar surface area (TPSA) is 0 Å². The fourth-order valence-corrected chi connectivity index (χ4v) is 14.6. The molecule has 15 aromatic carbocycles. The van der Waals surface area contributed by atoms with Crippen LogP contribution in [0.2, 0.25) is 19.6 Å². The molecule has 1 heteroatoms. The molecule has 0 aliphatic heterocycles. The smallest absolute Gasteiger partial charge is 0.0656 e. The number of fused-ring (bicyclic) bond motifs is 4. The van der Waals surface area contributed by atoms with E-state index in [1.54, 1.807) is 0 Å². The summed E-state index contributed by atoms with van der Waals surface area (Å²) < 4.78 is 0. The van der Waals surface area contributed by atoms with Crippen molar-refractivity contribution in [1.82, 2.24) is 0 Å². The minimum Gasteiger partial charge on any atom is -0.0656 e. The lowest BCUT2D eigenvalue weighted by Crippen LogP contribution is -2.38. The molecule has 0 fully saturated rings. The molecular formula is C77H54Si. The van der Waals surface area contributed by atoms with Crippen LogP contribution < -0.4 is 5.19 Å². The average Bonchev–Trinajstić information content (AvgIpc) is 3.68. The summed E-state index contributed by atoms with van der Waals surface area (Å²) in [5.74, 6) is 0. The van der Waals surface area contributed by atoms with Gasteiger partial charge in [-0.3, -0.25) is 0 Å². The lowest BCUT2D eigenvalue weighted by Gasteiger charge is -2.24. The number of benzene rings is 15. The fraction of sp³-hybridized carbons (Fsp3) is 0.0390. The van der Waals surface area contributed by atoms with Gasteiger partial charge in [-0.25, -0.2) is 0 Å². The van der Waals surface area contributed by atoms with Crippen molar-refractivity contribution >= 4 is 88.7 Å². The van der Waals surface area contributed by atoms with Gasteiger partial charge in [0.1, 0.15) is 0 Å². The summed E-state index contributed by atoms with van der Waals surface area (Å²) in [6.07, 6.45) is 0. The van der Waals surface area contributed by atoms with E-state index in [9.17, 15) is 0 Å². The molecule has 366 valence electrons. The molecule has 0 unspecified atom stereocenters. The Bertz CT molecular complexity index is 4680. The van der Waals surface area contributed by atoms with Crippen LogP contribution in [0.1, 0.15) is 0 Å². The van der Waals surface area contributed by atoms with Gasteiger partial charge < -0.3 is 0 Å². The molecule has 0 heterocycles. The fourth-order valence-electron chi connectivity index (χ4n) is 13.0. The van der Waals surface area contributed by atoms with E-state index in [4.69, 9.17) is 0 Å². The number of hydrogen-bond acceptors (Lipinski definition) is 0. The highest BCUT2D eigenvalue weighted by Crippen LogP contribution is 2.50. The number of rotatable bonds is 8. The summed E-state index contributed by atoms with van der Waals surface area (Å²) >= 11 is 0. The van der Waals surface area contributed by atoms with Gasteiger partial charge in [-0.15, -0.1) is 0 Å². The molecule has 0 N–H and O–H groups in total. The van der Waals surface area contributed by atoms with Gasteiger partial charge >= 0.3 is 0 Å². The van der Waals surface area contributed by atoms with E-state index < -0.39 is 8.07 Å². The zero-order valence-electron chi connectivity index (χ0n) is 44.0. The summed E-state index contributed by atoms with van der Waals surface area (Å²) in [7, 11) is -1.69. The summed E-state index contributed by atoms with van der Waals surface area (Å²) in [5, 5.41) is 19.4. The highest BCUT2D eigenvalue weighted by Gasteiger charge is 2.25. The molecule has 0 bridgehead atoms. The van der Waals surface area contributed by atoms with Gasteiger partial charge in [0.15, 0.2) is 0 Å². The Balaban J connectivity index is 0.996. The molecule has 0 amide bonds. The van der Waals surface area contributed by atoms with Crippen LogP contribution in [0.5, 0.6) is 0 Å². The van der Waals surface area contributed by atoms with E-state index in [-0.39, 0.29) is 0 Å². The molecule has 0 atom stereocenters. The van der Waals surface area contributed by atoms with E-state index in [0.717, 1.165) is 0 Å². The van der Waals surface area contributed by atoms with E-state index in [2.05, 4.69) is 293 Å². The summed E-state index contributed by atoms with van der Waals surface area (Å²) in [5.41, 5.74) is 17.2. The van der Waals surface area contributed by atoms with Crippen LogP contribution in [-0.4, -0.2) is 8.07 Å². The third kappa shape index (κ3) is 7.49. The number of hydrogen-bond donors (Lipinski definition) is 0. The highest BCUT2D eigenvalue weighted by molar-refractivity contribution is 6.90. The minimum absolute atomic E-state index is 1.20. The molecule has 0 spiro atoms. The predicted molar refractivity (Wildman–Crippen MR) is 341 cm³/mol. The first kappa shape index (κ1) is 45.9. The molecule has 0 aromatic heterocycles. The van der Waals surface area contributed by atoms with Crippen molar-refractivity contribution in [3.8, 4) is 77.9 Å². The monoisotopic (exact) mass is 1010 g/mol. The summed E-state index contributed by atoms with van der Waals surface area (Å²) in [4.78, 5) is 0. The van der Waals surface area contributed by atoms with Crippen LogP contribution in [0.3, 0.4) is 0 Å². The first-order valence-electron chi connectivity index (χ1n) is 27.4. The van der Waals surface area contributed by atoms with Gasteiger partial charge in [0, 0.05) is 0 Å². The Hall–Kier alpha value is -9.40. The van der Waals surface area contributed by atoms with Crippen molar-refractivity contribution in [2.24, 2.45) is 0 Å². The molecule has 0 nitrogen and oxygen atoms in total. The molecule has 0 saturated carbocycles. The van der Waals surface area contributed by atoms with E-state index >= 15 is 0 Å². The Labute approximate surface area is 456 Å². The highest BCUT2D eigenvalue weighted by atomic mass is 28.3. The van der Waals surface area contributed by atoms with Gasteiger partial charge in [-0.2, -0.15) is 0 Å². The lowest BCUT2D eigenvalue weighted by atomic mass is 9.81. The normalized spacial score (nSPS) is 12.0. The average molecular weight is 1010 g/mol. The van der Waals surface area contributed by atoms with Crippen molar-refractivity contribution in [3.05, 3.63) is 273 Å². The summed E-state index contributed by atoms with van der Waals surface area (Å²) in [6.45, 7) is 7.40. The second-order valence-corrected chi connectivity index (χ2v) is 27.3. The van der Waals surface area contributed by atoms with Crippen LogP contribution >= 0.6 is 0 Å². The van der Waals surface area contributed by atoms with Crippen molar-refractivity contribution in [1.29, 1.82) is 0 Å². The largest absolute Gasteiger partial charge is 0.0784 e. The van der Waals surface area contributed by atoms with Crippen LogP contribution in [0, 0.1) is 0 Å². The van der Waals surface area contributed by atoms with Crippen LogP contribution in [0.15, 0.2) is 273 Å². The maximum atomic E-state index is 2.50. The van der Waals surface area contributed by atoms with E-state index in [1.807, 2.05) is 0 Å². The molecule has 0 saturated heterocycles. The lowest BCUT2D eigenvalue weighted by molar-refractivity contribution is 1.61. The Morgan fingerprint density at radius 1 is 0.192 bits per heavy atom.